The van der Waals surface area contributed by atoms with Crippen LogP contribution in [-0.4, -0.2) is 28.6 Å². The topological polar surface area (TPSA) is 62.2 Å². The van der Waals surface area contributed by atoms with E-state index in [-0.39, 0.29) is 23.7 Å². The summed E-state index contributed by atoms with van der Waals surface area (Å²) in [7, 11) is 0. The van der Waals surface area contributed by atoms with E-state index in [2.05, 4.69) is 10.3 Å². The van der Waals surface area contributed by atoms with Crippen LogP contribution >= 0.6 is 11.6 Å². The Morgan fingerprint density at radius 3 is 2.76 bits per heavy atom. The Labute approximate surface area is 106 Å². The maximum atomic E-state index is 12.0. The van der Waals surface area contributed by atoms with Gasteiger partial charge < -0.3 is 10.4 Å². The highest BCUT2D eigenvalue weighted by Gasteiger charge is 2.16. The van der Waals surface area contributed by atoms with E-state index >= 15 is 0 Å². The minimum absolute atomic E-state index is 0.0420. The van der Waals surface area contributed by atoms with Crippen molar-refractivity contribution in [3.63, 3.8) is 0 Å². The van der Waals surface area contributed by atoms with Crippen LogP contribution in [0, 0.1) is 13.8 Å². The van der Waals surface area contributed by atoms with Crippen LogP contribution in [0.2, 0.25) is 5.15 Å². The second kappa shape index (κ2) is 5.98. The second-order valence-electron chi connectivity index (χ2n) is 4.13. The fourth-order valence-corrected chi connectivity index (χ4v) is 1.99. The van der Waals surface area contributed by atoms with Crippen LogP contribution < -0.4 is 5.32 Å². The number of pyridine rings is 1. The summed E-state index contributed by atoms with van der Waals surface area (Å²) in [6, 6.07) is 1.72. The number of halogens is 1. The number of aryl methyl sites for hydroxylation is 2. The molecule has 0 aliphatic carbocycles. The number of amides is 1. The molecule has 5 heteroatoms. The van der Waals surface area contributed by atoms with Gasteiger partial charge in [-0.15, -0.1) is 0 Å². The van der Waals surface area contributed by atoms with Gasteiger partial charge in [-0.3, -0.25) is 4.79 Å². The third kappa shape index (κ3) is 3.68. The molecule has 17 heavy (non-hydrogen) atoms. The molecule has 0 aliphatic rings. The number of nitrogens with one attached hydrogen (secondary N) is 1. The highest BCUT2D eigenvalue weighted by atomic mass is 35.5. The van der Waals surface area contributed by atoms with Crippen LogP contribution in [0.5, 0.6) is 0 Å². The molecule has 0 aliphatic heterocycles. The first-order valence-electron chi connectivity index (χ1n) is 5.51. The molecule has 1 aromatic heterocycles. The zero-order valence-corrected chi connectivity index (χ0v) is 11.0. The molecular weight excluding hydrogens is 240 g/mol. The summed E-state index contributed by atoms with van der Waals surface area (Å²) in [5.74, 6) is -0.249. The Hall–Kier alpha value is -1.13. The van der Waals surface area contributed by atoms with Crippen molar-refractivity contribution >= 4 is 17.5 Å². The molecule has 1 heterocycles. The summed E-state index contributed by atoms with van der Waals surface area (Å²) in [4.78, 5) is 16.0. The molecular formula is C12H17ClN2O2. The van der Waals surface area contributed by atoms with E-state index in [1.165, 1.54) is 0 Å². The molecule has 1 rings (SSSR count). The number of nitrogens with zero attached hydrogens (tertiary/aromatic N) is 1. The molecule has 0 saturated carbocycles. The van der Waals surface area contributed by atoms with Crippen LogP contribution in [0.4, 0.5) is 0 Å². The monoisotopic (exact) mass is 256 g/mol. The van der Waals surface area contributed by atoms with E-state index < -0.39 is 0 Å². The van der Waals surface area contributed by atoms with E-state index in [0.29, 0.717) is 12.0 Å². The Balaban J connectivity index is 2.89. The largest absolute Gasteiger partial charge is 0.396 e. The summed E-state index contributed by atoms with van der Waals surface area (Å²) < 4.78 is 0. The van der Waals surface area contributed by atoms with Gasteiger partial charge in [0.25, 0.3) is 5.91 Å². The molecule has 0 bridgehead atoms. The number of hydrogen-bond donors (Lipinski definition) is 2. The quantitative estimate of drug-likeness (QED) is 0.809. The van der Waals surface area contributed by atoms with E-state index in [0.717, 1.165) is 11.3 Å². The van der Waals surface area contributed by atoms with Gasteiger partial charge in [0.15, 0.2) is 0 Å². The highest BCUT2D eigenvalue weighted by Crippen LogP contribution is 2.18. The third-order valence-electron chi connectivity index (χ3n) is 2.47. The summed E-state index contributed by atoms with van der Waals surface area (Å²) in [5, 5.41) is 11.8. The van der Waals surface area contributed by atoms with Gasteiger partial charge in [0, 0.05) is 18.3 Å². The van der Waals surface area contributed by atoms with Crippen LogP contribution in [-0.2, 0) is 0 Å². The van der Waals surface area contributed by atoms with E-state index in [4.69, 9.17) is 16.7 Å². The van der Waals surface area contributed by atoms with Crippen molar-refractivity contribution in [2.75, 3.05) is 6.61 Å². The number of carbonyl (C=O) groups excluding carboxylic acids is 1. The Bertz CT molecular complexity index is 398. The van der Waals surface area contributed by atoms with Gasteiger partial charge in [-0.2, -0.15) is 0 Å². The molecule has 2 N–H and O–H groups in total. The Morgan fingerprint density at radius 2 is 2.24 bits per heavy atom. The van der Waals surface area contributed by atoms with Crippen molar-refractivity contribution in [1.29, 1.82) is 0 Å². The smallest absolute Gasteiger partial charge is 0.254 e. The summed E-state index contributed by atoms with van der Waals surface area (Å²) in [5.41, 5.74) is 1.99. The van der Waals surface area contributed by atoms with Crippen molar-refractivity contribution in [2.24, 2.45) is 0 Å². The number of carbonyl (C=O) groups is 1. The average molecular weight is 257 g/mol. The maximum absolute atomic E-state index is 12.0. The van der Waals surface area contributed by atoms with E-state index in [1.807, 2.05) is 26.8 Å². The second-order valence-corrected chi connectivity index (χ2v) is 4.49. The summed E-state index contributed by atoms with van der Waals surface area (Å²) >= 11 is 5.97. The number of aliphatic hydroxyl groups is 1. The zero-order chi connectivity index (χ0) is 13.0. The number of aromatic nitrogens is 1. The molecule has 94 valence electrons. The molecule has 0 radical (unpaired) electrons. The van der Waals surface area contributed by atoms with Gasteiger partial charge in [0.05, 0.1) is 5.56 Å². The summed E-state index contributed by atoms with van der Waals surface area (Å²) in [6.45, 7) is 5.53. The number of rotatable bonds is 4. The average Bonchev–Trinajstić information content (AvgIpc) is 2.15. The molecule has 1 aromatic rings. The van der Waals surface area contributed by atoms with Gasteiger partial charge in [-0.1, -0.05) is 11.6 Å². The zero-order valence-electron chi connectivity index (χ0n) is 10.2. The third-order valence-corrected chi connectivity index (χ3v) is 2.74. The van der Waals surface area contributed by atoms with Gasteiger partial charge in [-0.05, 0) is 38.8 Å². The van der Waals surface area contributed by atoms with Gasteiger partial charge in [0.1, 0.15) is 5.15 Å². The van der Waals surface area contributed by atoms with Crippen LogP contribution in [0.15, 0.2) is 6.07 Å². The predicted octanol–water partition coefficient (Wildman–Crippen LogP) is 1.85. The lowest BCUT2D eigenvalue weighted by Gasteiger charge is -2.14. The fraction of sp³-hybridized carbons (Fsp3) is 0.500. The Kier molecular flexibility index (Phi) is 4.90. The van der Waals surface area contributed by atoms with E-state index in [9.17, 15) is 4.79 Å². The molecule has 0 fully saturated rings. The predicted molar refractivity (Wildman–Crippen MR) is 67.4 cm³/mol. The van der Waals surface area contributed by atoms with E-state index in [1.54, 1.807) is 0 Å². The lowest BCUT2D eigenvalue weighted by Crippen LogP contribution is -2.34. The SMILES string of the molecule is Cc1cc(C)c(C(=O)NC(C)CCO)c(Cl)n1. The molecule has 0 spiro atoms. The molecule has 1 atom stereocenters. The standard InChI is InChI=1S/C12H17ClN2O2/c1-7-6-9(3)14-11(13)10(7)12(17)15-8(2)4-5-16/h6,8,16H,4-5H2,1-3H3,(H,15,17). The van der Waals surface area contributed by atoms with Crippen molar-refractivity contribution < 1.29 is 9.90 Å². The van der Waals surface area contributed by atoms with Crippen molar-refractivity contribution in [1.82, 2.24) is 10.3 Å². The Morgan fingerprint density at radius 1 is 1.59 bits per heavy atom. The molecule has 1 amide bonds. The van der Waals surface area contributed by atoms with Gasteiger partial charge in [-0.25, -0.2) is 4.98 Å². The lowest BCUT2D eigenvalue weighted by atomic mass is 10.1. The first kappa shape index (κ1) is 13.9. The minimum Gasteiger partial charge on any atom is -0.396 e. The fourth-order valence-electron chi connectivity index (χ4n) is 1.63. The lowest BCUT2D eigenvalue weighted by molar-refractivity contribution is 0.0933. The van der Waals surface area contributed by atoms with Gasteiger partial charge >= 0.3 is 0 Å². The van der Waals surface area contributed by atoms with Crippen molar-refractivity contribution in [2.45, 2.75) is 33.2 Å². The highest BCUT2D eigenvalue weighted by molar-refractivity contribution is 6.32. The molecule has 0 saturated heterocycles. The first-order valence-corrected chi connectivity index (χ1v) is 5.89. The number of aliphatic hydroxyl groups excluding tert-OH is 1. The van der Waals surface area contributed by atoms with Crippen LogP contribution in [0.3, 0.4) is 0 Å². The molecule has 4 nitrogen and oxygen atoms in total. The normalized spacial score (nSPS) is 12.3. The number of hydrogen-bond acceptors (Lipinski definition) is 3. The summed E-state index contributed by atoms with van der Waals surface area (Å²) in [6.07, 6.45) is 0.516. The van der Waals surface area contributed by atoms with Crippen LogP contribution in [0.1, 0.15) is 35.0 Å². The van der Waals surface area contributed by atoms with Crippen LogP contribution in [0.25, 0.3) is 0 Å². The van der Waals surface area contributed by atoms with Crippen molar-refractivity contribution in [3.8, 4) is 0 Å². The van der Waals surface area contributed by atoms with Gasteiger partial charge in [0.2, 0.25) is 0 Å². The first-order chi connectivity index (χ1) is 7.95. The molecule has 1 unspecified atom stereocenters. The van der Waals surface area contributed by atoms with Crippen molar-refractivity contribution in [3.05, 3.63) is 28.0 Å². The molecule has 0 aromatic carbocycles. The minimum atomic E-state index is -0.249. The maximum Gasteiger partial charge on any atom is 0.254 e.